The van der Waals surface area contributed by atoms with Gasteiger partial charge in [0, 0.05) is 27.3 Å². The first-order chi connectivity index (χ1) is 11.1. The molecule has 1 aromatic heterocycles. The number of benzene rings is 1. The molecule has 3 heterocycles. The topological polar surface area (TPSA) is 49.9 Å². The molecule has 4 nitrogen and oxygen atoms in total. The van der Waals surface area contributed by atoms with E-state index in [-0.39, 0.29) is 5.92 Å². The van der Waals surface area contributed by atoms with Crippen molar-refractivity contribution in [2.75, 3.05) is 0 Å². The number of aliphatic hydroxyl groups is 1. The monoisotopic (exact) mass is 389 g/mol. The summed E-state index contributed by atoms with van der Waals surface area (Å²) < 4.78 is 2.93. The number of nitrogens with zero attached hydrogens (tertiary/aromatic N) is 3. The lowest BCUT2D eigenvalue weighted by atomic mass is 9.91. The fourth-order valence-corrected chi connectivity index (χ4v) is 3.87. The molecule has 2 atom stereocenters. The molecule has 116 valence electrons. The van der Waals surface area contributed by atoms with Gasteiger partial charge in [0.05, 0.1) is 6.10 Å². The van der Waals surface area contributed by atoms with Crippen molar-refractivity contribution in [2.45, 2.75) is 18.4 Å². The van der Waals surface area contributed by atoms with Crippen molar-refractivity contribution < 1.29 is 5.11 Å². The van der Waals surface area contributed by atoms with E-state index in [1.54, 1.807) is 12.4 Å². The summed E-state index contributed by atoms with van der Waals surface area (Å²) >= 11 is 9.64. The van der Waals surface area contributed by atoms with E-state index in [1.165, 1.54) is 0 Å². The Bertz CT molecular complexity index is 868. The summed E-state index contributed by atoms with van der Waals surface area (Å²) in [4.78, 5) is 8.59. The number of aromatic nitrogens is 1. The summed E-state index contributed by atoms with van der Waals surface area (Å²) in [7, 11) is 0. The van der Waals surface area contributed by atoms with Crippen LogP contribution in [0.25, 0.3) is 0 Å². The van der Waals surface area contributed by atoms with Gasteiger partial charge in [0.1, 0.15) is 12.0 Å². The van der Waals surface area contributed by atoms with E-state index in [0.29, 0.717) is 11.4 Å². The average Bonchev–Trinajstić information content (AvgIpc) is 3.15. The molecule has 1 N–H and O–H groups in total. The molecule has 0 radical (unpaired) electrons. The molecule has 2 aromatic rings. The van der Waals surface area contributed by atoms with Crippen LogP contribution in [-0.4, -0.2) is 21.8 Å². The molecule has 23 heavy (non-hydrogen) atoms. The van der Waals surface area contributed by atoms with Gasteiger partial charge in [0.25, 0.3) is 0 Å². The molecule has 0 spiro atoms. The Labute approximate surface area is 147 Å². The highest BCUT2D eigenvalue weighted by Crippen LogP contribution is 2.37. The summed E-state index contributed by atoms with van der Waals surface area (Å²) in [6.45, 7) is 0. The van der Waals surface area contributed by atoms with Gasteiger partial charge in [0.2, 0.25) is 0 Å². The van der Waals surface area contributed by atoms with Crippen LogP contribution in [0.5, 0.6) is 0 Å². The molecule has 0 aliphatic carbocycles. The average molecular weight is 391 g/mol. The van der Waals surface area contributed by atoms with Crippen LogP contribution in [0.3, 0.4) is 0 Å². The first kappa shape index (κ1) is 14.9. The standard InChI is InChI=1S/C17H13BrClN3O/c18-11-3-4-12(13(19)8-11)16(23)7-10-6-14-17(21-9-20-14)22-5-1-2-15(10)22/h1-6,8-10,16,23H,7H2. The zero-order valence-electron chi connectivity index (χ0n) is 12.0. The number of hydrogen-bond acceptors (Lipinski definition) is 3. The summed E-state index contributed by atoms with van der Waals surface area (Å²) in [5.41, 5.74) is 2.69. The van der Waals surface area contributed by atoms with Crippen molar-refractivity contribution in [1.29, 1.82) is 0 Å². The van der Waals surface area contributed by atoms with E-state index >= 15 is 0 Å². The maximum Gasteiger partial charge on any atom is 0.164 e. The van der Waals surface area contributed by atoms with Crippen molar-refractivity contribution in [1.82, 2.24) is 4.57 Å². The molecule has 6 heteroatoms. The minimum Gasteiger partial charge on any atom is -0.388 e. The van der Waals surface area contributed by atoms with Crippen LogP contribution >= 0.6 is 27.5 Å². The van der Waals surface area contributed by atoms with Crippen LogP contribution in [0.2, 0.25) is 5.02 Å². The molecule has 0 saturated heterocycles. The van der Waals surface area contributed by atoms with Crippen LogP contribution < -0.4 is 0 Å². The van der Waals surface area contributed by atoms with Crippen molar-refractivity contribution in [3.8, 4) is 0 Å². The third-order valence-electron chi connectivity index (χ3n) is 4.15. The van der Waals surface area contributed by atoms with E-state index in [2.05, 4.69) is 38.1 Å². The Morgan fingerprint density at radius 2 is 2.22 bits per heavy atom. The van der Waals surface area contributed by atoms with Crippen molar-refractivity contribution in [3.05, 3.63) is 69.1 Å². The Kier molecular flexibility index (Phi) is 3.71. The molecule has 2 aliphatic rings. The van der Waals surface area contributed by atoms with E-state index in [1.807, 2.05) is 29.0 Å². The number of rotatable bonds is 3. The summed E-state index contributed by atoms with van der Waals surface area (Å²) in [6, 6.07) is 9.58. The molecule has 2 unspecified atom stereocenters. The fraction of sp³-hybridized carbons (Fsp3) is 0.176. The van der Waals surface area contributed by atoms with E-state index in [0.717, 1.165) is 27.3 Å². The number of fused-ring (bicyclic) bond motifs is 3. The highest BCUT2D eigenvalue weighted by molar-refractivity contribution is 9.10. The Balaban J connectivity index is 1.65. The van der Waals surface area contributed by atoms with Gasteiger partial charge in [-0.15, -0.1) is 0 Å². The van der Waals surface area contributed by atoms with Crippen LogP contribution in [0.4, 0.5) is 0 Å². The predicted molar refractivity (Wildman–Crippen MR) is 95.3 cm³/mol. The highest BCUT2D eigenvalue weighted by atomic mass is 79.9. The van der Waals surface area contributed by atoms with Gasteiger partial charge >= 0.3 is 0 Å². The second-order valence-corrected chi connectivity index (χ2v) is 6.90. The van der Waals surface area contributed by atoms with Crippen molar-refractivity contribution in [2.24, 2.45) is 9.98 Å². The zero-order chi connectivity index (χ0) is 16.0. The molecular weight excluding hydrogens is 378 g/mol. The summed E-state index contributed by atoms with van der Waals surface area (Å²) in [6.07, 6.45) is 5.49. The maximum atomic E-state index is 10.6. The van der Waals surface area contributed by atoms with Crippen LogP contribution in [-0.2, 0) is 0 Å². The quantitative estimate of drug-likeness (QED) is 0.835. The van der Waals surface area contributed by atoms with Gasteiger partial charge < -0.3 is 9.67 Å². The Morgan fingerprint density at radius 1 is 1.35 bits per heavy atom. The Hall–Kier alpha value is -1.69. The normalized spacial score (nSPS) is 19.9. The molecule has 0 bridgehead atoms. The maximum absolute atomic E-state index is 10.6. The molecule has 2 aliphatic heterocycles. The predicted octanol–water partition coefficient (Wildman–Crippen LogP) is 4.30. The van der Waals surface area contributed by atoms with Gasteiger partial charge in [0.15, 0.2) is 5.84 Å². The van der Waals surface area contributed by atoms with Gasteiger partial charge in [-0.25, -0.2) is 9.98 Å². The van der Waals surface area contributed by atoms with Gasteiger partial charge in [-0.3, -0.25) is 0 Å². The van der Waals surface area contributed by atoms with Crippen molar-refractivity contribution in [3.63, 3.8) is 0 Å². The third-order valence-corrected chi connectivity index (χ3v) is 4.97. The highest BCUT2D eigenvalue weighted by Gasteiger charge is 2.28. The van der Waals surface area contributed by atoms with E-state index in [9.17, 15) is 5.11 Å². The van der Waals surface area contributed by atoms with Crippen LogP contribution in [0.1, 0.15) is 29.7 Å². The minimum absolute atomic E-state index is 0.0592. The van der Waals surface area contributed by atoms with Gasteiger partial charge in [-0.1, -0.05) is 33.6 Å². The number of aliphatic imine (C=N–C) groups is 2. The van der Waals surface area contributed by atoms with Crippen LogP contribution in [0.15, 0.2) is 62.8 Å². The third kappa shape index (κ3) is 2.59. The van der Waals surface area contributed by atoms with Gasteiger partial charge in [-0.05, 0) is 42.3 Å². The largest absolute Gasteiger partial charge is 0.388 e. The lowest BCUT2D eigenvalue weighted by molar-refractivity contribution is 0.162. The first-order valence-electron chi connectivity index (χ1n) is 7.26. The minimum atomic E-state index is -0.648. The lowest BCUT2D eigenvalue weighted by Crippen LogP contribution is -2.22. The second kappa shape index (κ2) is 5.74. The zero-order valence-corrected chi connectivity index (χ0v) is 14.4. The molecular formula is C17H13BrClN3O. The number of halogens is 2. The molecule has 4 rings (SSSR count). The fourth-order valence-electron chi connectivity index (χ4n) is 3.07. The van der Waals surface area contributed by atoms with Gasteiger partial charge in [-0.2, -0.15) is 0 Å². The van der Waals surface area contributed by atoms with Crippen molar-refractivity contribution >= 4 is 39.7 Å². The number of hydrogen-bond donors (Lipinski definition) is 1. The first-order valence-corrected chi connectivity index (χ1v) is 8.44. The molecule has 0 amide bonds. The number of aliphatic hydroxyl groups excluding tert-OH is 1. The number of allylic oxidation sites excluding steroid dienone is 2. The smallest absolute Gasteiger partial charge is 0.164 e. The second-order valence-electron chi connectivity index (χ2n) is 5.58. The molecule has 0 saturated carbocycles. The lowest BCUT2D eigenvalue weighted by Gasteiger charge is -2.24. The molecule has 1 aromatic carbocycles. The van der Waals surface area contributed by atoms with Crippen LogP contribution in [0, 0.1) is 0 Å². The summed E-state index contributed by atoms with van der Waals surface area (Å²) in [5, 5.41) is 11.2. The van der Waals surface area contributed by atoms with E-state index in [4.69, 9.17) is 11.6 Å². The van der Waals surface area contributed by atoms with E-state index < -0.39 is 6.10 Å². The SMILES string of the molecule is OC(CC1C=C2N=CN=C2n2cccc21)c1ccc(Br)cc1Cl. The molecule has 0 fully saturated rings. The Morgan fingerprint density at radius 3 is 3.04 bits per heavy atom. The summed E-state index contributed by atoms with van der Waals surface area (Å²) in [5.74, 6) is 0.904.